The van der Waals surface area contributed by atoms with Gasteiger partial charge in [0, 0.05) is 22.9 Å². The van der Waals surface area contributed by atoms with Gasteiger partial charge in [-0.2, -0.15) is 11.8 Å². The number of thioether (sulfide) groups is 1. The molecule has 0 unspecified atom stereocenters. The van der Waals surface area contributed by atoms with Crippen molar-refractivity contribution in [2.45, 2.75) is 18.6 Å². The maximum absolute atomic E-state index is 6.09. The normalized spacial score (nSPS) is 11.4. The van der Waals surface area contributed by atoms with Gasteiger partial charge < -0.3 is 5.32 Å². The number of nitrogens with zero attached hydrogens (tertiary/aromatic N) is 2. The zero-order chi connectivity index (χ0) is 14.6. The van der Waals surface area contributed by atoms with E-state index in [0.29, 0.717) is 11.0 Å². The Morgan fingerprint density at radius 3 is 2.55 bits per heavy atom. The Morgan fingerprint density at radius 1 is 1.20 bits per heavy atom. The van der Waals surface area contributed by atoms with Crippen LogP contribution < -0.4 is 5.32 Å². The number of anilines is 1. The van der Waals surface area contributed by atoms with Gasteiger partial charge in [-0.15, -0.1) is 0 Å². The molecule has 106 valence electrons. The van der Waals surface area contributed by atoms with Gasteiger partial charge in [0.15, 0.2) is 5.82 Å². The third kappa shape index (κ3) is 4.12. The van der Waals surface area contributed by atoms with E-state index in [4.69, 9.17) is 11.6 Å². The van der Waals surface area contributed by atoms with Crippen LogP contribution in [0.4, 0.5) is 5.82 Å². The zero-order valence-electron chi connectivity index (χ0n) is 11.9. The van der Waals surface area contributed by atoms with Crippen molar-refractivity contribution in [2.75, 3.05) is 18.1 Å². The summed E-state index contributed by atoms with van der Waals surface area (Å²) in [5, 5.41) is 3.78. The highest BCUT2D eigenvalue weighted by Crippen LogP contribution is 2.23. The molecule has 0 atom stereocenters. The van der Waals surface area contributed by atoms with E-state index >= 15 is 0 Å². The highest BCUT2D eigenvalue weighted by Gasteiger charge is 2.16. The molecule has 0 spiro atoms. The van der Waals surface area contributed by atoms with Crippen LogP contribution in [0.5, 0.6) is 0 Å². The summed E-state index contributed by atoms with van der Waals surface area (Å²) in [5.41, 5.74) is 0.960. The molecule has 5 heteroatoms. The number of halogens is 1. The maximum Gasteiger partial charge on any atom is 0.163 e. The first-order valence-corrected chi connectivity index (χ1v) is 7.99. The lowest BCUT2D eigenvalue weighted by Crippen LogP contribution is -2.26. The summed E-state index contributed by atoms with van der Waals surface area (Å²) in [6, 6.07) is 11.6. The fraction of sp³-hybridized carbons (Fsp3) is 0.333. The monoisotopic (exact) mass is 307 g/mol. The molecule has 0 aliphatic rings. The summed E-state index contributed by atoms with van der Waals surface area (Å²) in [5.74, 6) is 1.40. The molecular weight excluding hydrogens is 290 g/mol. The largest absolute Gasteiger partial charge is 0.369 e. The summed E-state index contributed by atoms with van der Waals surface area (Å²) < 4.78 is 0.143. The Morgan fingerprint density at radius 2 is 1.90 bits per heavy atom. The van der Waals surface area contributed by atoms with Gasteiger partial charge in [0.05, 0.1) is 0 Å². The Balaban J connectivity index is 2.21. The fourth-order valence-corrected chi connectivity index (χ4v) is 2.00. The van der Waals surface area contributed by atoms with Crippen molar-refractivity contribution in [3.8, 4) is 11.4 Å². The van der Waals surface area contributed by atoms with Crippen molar-refractivity contribution in [3.63, 3.8) is 0 Å². The third-order valence-corrected chi connectivity index (χ3v) is 4.42. The van der Waals surface area contributed by atoms with E-state index in [1.807, 2.05) is 42.1 Å². The molecule has 3 nitrogen and oxygen atoms in total. The van der Waals surface area contributed by atoms with Crippen molar-refractivity contribution in [3.05, 3.63) is 41.6 Å². The van der Waals surface area contributed by atoms with E-state index in [0.717, 1.165) is 17.9 Å². The zero-order valence-corrected chi connectivity index (χ0v) is 13.4. The number of benzene rings is 1. The number of hydrogen-bond acceptors (Lipinski definition) is 4. The molecule has 0 bridgehead atoms. The summed E-state index contributed by atoms with van der Waals surface area (Å²) >= 11 is 7.90. The highest BCUT2D eigenvalue weighted by molar-refractivity contribution is 7.99. The number of nitrogens with one attached hydrogen (secondary N) is 1. The van der Waals surface area contributed by atoms with Gasteiger partial charge in [-0.3, -0.25) is 0 Å². The molecule has 0 fully saturated rings. The predicted octanol–water partition coefficient (Wildman–Crippen LogP) is 4.35. The minimum Gasteiger partial charge on any atom is -0.369 e. The van der Waals surface area contributed by atoms with Gasteiger partial charge in [0.2, 0.25) is 0 Å². The molecule has 1 N–H and O–H groups in total. The van der Waals surface area contributed by atoms with E-state index in [1.165, 1.54) is 0 Å². The predicted molar refractivity (Wildman–Crippen MR) is 88.6 cm³/mol. The average molecular weight is 308 g/mol. The Hall–Kier alpha value is -1.26. The molecule has 0 amide bonds. The second kappa shape index (κ2) is 6.46. The first-order valence-electron chi connectivity index (χ1n) is 6.39. The molecule has 0 aliphatic carbocycles. The average Bonchev–Trinajstić information content (AvgIpc) is 2.46. The van der Waals surface area contributed by atoms with Gasteiger partial charge in [-0.1, -0.05) is 41.9 Å². The van der Waals surface area contributed by atoms with E-state index in [2.05, 4.69) is 35.4 Å². The van der Waals surface area contributed by atoms with Gasteiger partial charge in [-0.05, 0) is 20.1 Å². The molecule has 20 heavy (non-hydrogen) atoms. The van der Waals surface area contributed by atoms with Gasteiger partial charge in [-0.25, -0.2) is 9.97 Å². The second-order valence-corrected chi connectivity index (χ2v) is 6.98. The lowest BCUT2D eigenvalue weighted by Gasteiger charge is -2.22. The van der Waals surface area contributed by atoms with E-state index < -0.39 is 0 Å². The summed E-state index contributed by atoms with van der Waals surface area (Å²) in [4.78, 5) is 8.80. The van der Waals surface area contributed by atoms with E-state index in [1.54, 1.807) is 6.07 Å². The van der Waals surface area contributed by atoms with Crippen LogP contribution in [0.25, 0.3) is 11.4 Å². The molecular formula is C15H18ClN3S. The molecule has 0 radical (unpaired) electrons. The molecule has 0 saturated heterocycles. The van der Waals surface area contributed by atoms with Crippen LogP contribution in [0, 0.1) is 0 Å². The number of rotatable bonds is 5. The Kier molecular flexibility index (Phi) is 4.89. The van der Waals surface area contributed by atoms with E-state index in [-0.39, 0.29) is 4.75 Å². The van der Waals surface area contributed by atoms with Crippen LogP contribution in [-0.4, -0.2) is 27.5 Å². The lowest BCUT2D eigenvalue weighted by atomic mass is 10.2. The van der Waals surface area contributed by atoms with Crippen molar-refractivity contribution >= 4 is 29.2 Å². The smallest absolute Gasteiger partial charge is 0.163 e. The standard InChI is InChI=1S/C15H18ClN3S/c1-15(2,20-3)10-17-13-9-12(16)18-14(19-13)11-7-5-4-6-8-11/h4-9H,10H2,1-3H3,(H,17,18,19). The van der Waals surface area contributed by atoms with Crippen molar-refractivity contribution in [2.24, 2.45) is 0 Å². The second-order valence-electron chi connectivity index (χ2n) is 5.08. The molecule has 1 aromatic carbocycles. The van der Waals surface area contributed by atoms with Crippen LogP contribution in [0.3, 0.4) is 0 Å². The molecule has 2 rings (SSSR count). The van der Waals surface area contributed by atoms with Gasteiger partial charge in [0.1, 0.15) is 11.0 Å². The summed E-state index contributed by atoms with van der Waals surface area (Å²) in [6.07, 6.45) is 2.10. The van der Waals surface area contributed by atoms with Gasteiger partial charge >= 0.3 is 0 Å². The van der Waals surface area contributed by atoms with Crippen molar-refractivity contribution in [1.29, 1.82) is 0 Å². The molecule has 0 aliphatic heterocycles. The van der Waals surface area contributed by atoms with Crippen molar-refractivity contribution in [1.82, 2.24) is 9.97 Å². The third-order valence-electron chi connectivity index (χ3n) is 2.97. The topological polar surface area (TPSA) is 37.8 Å². The molecule has 1 heterocycles. The number of aromatic nitrogens is 2. The highest BCUT2D eigenvalue weighted by atomic mass is 35.5. The Labute approximate surface area is 129 Å². The summed E-state index contributed by atoms with van der Waals surface area (Å²) in [6.45, 7) is 5.19. The molecule has 1 aromatic heterocycles. The summed E-state index contributed by atoms with van der Waals surface area (Å²) in [7, 11) is 0. The van der Waals surface area contributed by atoms with Crippen molar-refractivity contribution < 1.29 is 0 Å². The van der Waals surface area contributed by atoms with Crippen LogP contribution in [0.2, 0.25) is 5.15 Å². The minimum atomic E-state index is 0.143. The van der Waals surface area contributed by atoms with Gasteiger partial charge in [0.25, 0.3) is 0 Å². The maximum atomic E-state index is 6.09. The molecule has 0 saturated carbocycles. The van der Waals surface area contributed by atoms with Crippen LogP contribution in [0.1, 0.15) is 13.8 Å². The van der Waals surface area contributed by atoms with Crippen LogP contribution in [-0.2, 0) is 0 Å². The quantitative estimate of drug-likeness (QED) is 0.833. The Bertz CT molecular complexity index is 573. The first kappa shape index (κ1) is 15.1. The first-order chi connectivity index (χ1) is 9.50. The lowest BCUT2D eigenvalue weighted by molar-refractivity contribution is 0.750. The van der Waals surface area contributed by atoms with Crippen LogP contribution in [0.15, 0.2) is 36.4 Å². The SMILES string of the molecule is CSC(C)(C)CNc1cc(Cl)nc(-c2ccccc2)n1. The minimum absolute atomic E-state index is 0.143. The van der Waals surface area contributed by atoms with Crippen LogP contribution >= 0.6 is 23.4 Å². The molecule has 2 aromatic rings. The fourth-order valence-electron chi connectivity index (χ4n) is 1.60. The number of hydrogen-bond donors (Lipinski definition) is 1. The van der Waals surface area contributed by atoms with E-state index in [9.17, 15) is 0 Å².